The van der Waals surface area contributed by atoms with E-state index in [0.717, 1.165) is 69.1 Å². The Balaban J connectivity index is 1.20. The number of halogens is 2. The highest BCUT2D eigenvalue weighted by molar-refractivity contribution is 6.43. The lowest BCUT2D eigenvalue weighted by atomic mass is 9.99. The number of unbranched alkanes of at least 4 members (excludes halogenated alkanes) is 1. The van der Waals surface area contributed by atoms with Crippen LogP contribution in [0.2, 0.25) is 10.0 Å². The standard InChI is InChI=1S/C26H33Cl2N3O2/c1-19(2)31-24-18-21(10-8-20(24)9-11-25(31)32)33-17-4-3-12-29-13-15-30(16-14-29)23-7-5-6-22(27)26(23)28/h5-8,10,18-19H,3-4,9,11-17H2,1-2H3. The summed E-state index contributed by atoms with van der Waals surface area (Å²) in [7, 11) is 0. The van der Waals surface area contributed by atoms with Crippen molar-refractivity contribution in [2.45, 2.75) is 45.6 Å². The van der Waals surface area contributed by atoms with Gasteiger partial charge in [0.05, 0.1) is 28.0 Å². The number of rotatable bonds is 8. The van der Waals surface area contributed by atoms with Gasteiger partial charge < -0.3 is 14.5 Å². The number of carbonyl (C=O) groups excluding carboxylic acids is 1. The van der Waals surface area contributed by atoms with Crippen molar-refractivity contribution < 1.29 is 9.53 Å². The van der Waals surface area contributed by atoms with Crippen LogP contribution in [0.3, 0.4) is 0 Å². The molecule has 0 aromatic heterocycles. The van der Waals surface area contributed by atoms with Crippen molar-refractivity contribution in [2.75, 3.05) is 49.1 Å². The zero-order valence-electron chi connectivity index (χ0n) is 19.5. The van der Waals surface area contributed by atoms with Crippen molar-refractivity contribution in [3.63, 3.8) is 0 Å². The molecule has 0 saturated carbocycles. The van der Waals surface area contributed by atoms with Crippen LogP contribution in [-0.2, 0) is 11.2 Å². The summed E-state index contributed by atoms with van der Waals surface area (Å²) in [5.74, 6) is 1.05. The van der Waals surface area contributed by atoms with Gasteiger partial charge in [0.2, 0.25) is 5.91 Å². The van der Waals surface area contributed by atoms with Crippen LogP contribution < -0.4 is 14.5 Å². The van der Waals surface area contributed by atoms with Gasteiger partial charge in [0.1, 0.15) is 5.75 Å². The summed E-state index contributed by atoms with van der Waals surface area (Å²) in [6.45, 7) is 9.83. The third kappa shape index (κ3) is 5.76. The lowest BCUT2D eigenvalue weighted by molar-refractivity contribution is -0.119. The first-order chi connectivity index (χ1) is 15.9. The third-order valence-corrected chi connectivity index (χ3v) is 7.30. The van der Waals surface area contributed by atoms with E-state index in [2.05, 4.69) is 29.7 Å². The fourth-order valence-corrected chi connectivity index (χ4v) is 5.12. The number of amides is 1. The largest absolute Gasteiger partial charge is 0.494 e. The van der Waals surface area contributed by atoms with E-state index in [9.17, 15) is 4.79 Å². The summed E-state index contributed by atoms with van der Waals surface area (Å²) >= 11 is 12.5. The van der Waals surface area contributed by atoms with Crippen LogP contribution in [0.5, 0.6) is 5.75 Å². The van der Waals surface area contributed by atoms with E-state index in [1.807, 2.05) is 35.2 Å². The average molecular weight is 490 g/mol. The second kappa shape index (κ2) is 11.0. The molecule has 33 heavy (non-hydrogen) atoms. The Bertz CT molecular complexity index is 974. The third-order valence-electron chi connectivity index (χ3n) is 6.49. The van der Waals surface area contributed by atoms with Gasteiger partial charge >= 0.3 is 0 Å². The zero-order chi connectivity index (χ0) is 23.4. The first kappa shape index (κ1) is 24.2. The monoisotopic (exact) mass is 489 g/mol. The second-order valence-corrected chi connectivity index (χ2v) is 9.89. The minimum atomic E-state index is 0.155. The fraction of sp³-hybridized carbons (Fsp3) is 0.500. The maximum absolute atomic E-state index is 12.4. The van der Waals surface area contributed by atoms with Gasteiger partial charge in [0.15, 0.2) is 0 Å². The Labute approximate surface area is 207 Å². The van der Waals surface area contributed by atoms with Crippen LogP contribution in [0, 0.1) is 0 Å². The molecule has 2 aliphatic heterocycles. The fourth-order valence-electron chi connectivity index (χ4n) is 4.71. The molecule has 2 aromatic rings. The van der Waals surface area contributed by atoms with Crippen LogP contribution >= 0.6 is 23.2 Å². The molecule has 1 amide bonds. The molecule has 0 unspecified atom stereocenters. The van der Waals surface area contributed by atoms with Gasteiger partial charge in [0, 0.05) is 44.7 Å². The molecule has 1 saturated heterocycles. The molecule has 2 aliphatic rings. The summed E-state index contributed by atoms with van der Waals surface area (Å²) in [6.07, 6.45) is 3.50. The predicted molar refractivity (Wildman–Crippen MR) is 137 cm³/mol. The molecule has 2 heterocycles. The first-order valence-corrected chi connectivity index (χ1v) is 12.7. The van der Waals surface area contributed by atoms with Gasteiger partial charge in [-0.15, -0.1) is 0 Å². The lowest BCUT2D eigenvalue weighted by Crippen LogP contribution is -2.46. The van der Waals surface area contributed by atoms with Crippen molar-refractivity contribution in [3.8, 4) is 5.75 Å². The molecular formula is C26H33Cl2N3O2. The maximum atomic E-state index is 12.4. The van der Waals surface area contributed by atoms with Crippen molar-refractivity contribution in [1.29, 1.82) is 0 Å². The van der Waals surface area contributed by atoms with Crippen molar-refractivity contribution >= 4 is 40.5 Å². The first-order valence-electron chi connectivity index (χ1n) is 11.9. The normalized spacial score (nSPS) is 16.9. The van der Waals surface area contributed by atoms with Crippen molar-refractivity contribution in [1.82, 2.24) is 4.90 Å². The van der Waals surface area contributed by atoms with Gasteiger partial charge in [-0.3, -0.25) is 9.69 Å². The van der Waals surface area contributed by atoms with E-state index in [1.54, 1.807) is 0 Å². The van der Waals surface area contributed by atoms with Gasteiger partial charge in [-0.05, 0) is 63.4 Å². The Morgan fingerprint density at radius 3 is 2.52 bits per heavy atom. The lowest BCUT2D eigenvalue weighted by Gasteiger charge is -2.36. The Kier molecular flexibility index (Phi) is 8.05. The number of anilines is 2. The van der Waals surface area contributed by atoms with Crippen LogP contribution in [0.4, 0.5) is 11.4 Å². The minimum Gasteiger partial charge on any atom is -0.494 e. The highest BCUT2D eigenvalue weighted by atomic mass is 35.5. The molecule has 0 N–H and O–H groups in total. The summed E-state index contributed by atoms with van der Waals surface area (Å²) < 4.78 is 6.03. The Morgan fingerprint density at radius 2 is 1.76 bits per heavy atom. The number of fused-ring (bicyclic) bond motifs is 1. The highest BCUT2D eigenvalue weighted by Crippen LogP contribution is 2.34. The minimum absolute atomic E-state index is 0.155. The molecule has 0 radical (unpaired) electrons. The van der Waals surface area contributed by atoms with Crippen molar-refractivity contribution in [3.05, 3.63) is 52.0 Å². The van der Waals surface area contributed by atoms with Crippen LogP contribution in [0.15, 0.2) is 36.4 Å². The molecule has 0 spiro atoms. The van der Waals surface area contributed by atoms with Gasteiger partial charge in [-0.1, -0.05) is 35.3 Å². The number of aryl methyl sites for hydroxylation is 1. The number of hydrogen-bond acceptors (Lipinski definition) is 4. The number of piperazine rings is 1. The number of benzene rings is 2. The number of ether oxygens (including phenoxy) is 1. The Morgan fingerprint density at radius 1 is 0.970 bits per heavy atom. The van der Waals surface area contributed by atoms with E-state index in [1.165, 1.54) is 5.56 Å². The predicted octanol–water partition coefficient (Wildman–Crippen LogP) is 5.66. The number of carbonyl (C=O) groups is 1. The SMILES string of the molecule is CC(C)N1C(=O)CCc2ccc(OCCCCN3CCN(c4cccc(Cl)c4Cl)CC3)cc21. The van der Waals surface area contributed by atoms with E-state index >= 15 is 0 Å². The summed E-state index contributed by atoms with van der Waals surface area (Å²) in [6, 6.07) is 12.2. The summed E-state index contributed by atoms with van der Waals surface area (Å²) in [4.78, 5) is 19.1. The molecule has 7 heteroatoms. The quantitative estimate of drug-likeness (QED) is 0.448. The highest BCUT2D eigenvalue weighted by Gasteiger charge is 2.26. The molecule has 0 aliphatic carbocycles. The van der Waals surface area contributed by atoms with Crippen LogP contribution in [0.1, 0.15) is 38.7 Å². The van der Waals surface area contributed by atoms with E-state index < -0.39 is 0 Å². The van der Waals surface area contributed by atoms with E-state index in [-0.39, 0.29) is 11.9 Å². The number of hydrogen-bond donors (Lipinski definition) is 0. The average Bonchev–Trinajstić information content (AvgIpc) is 2.80. The van der Waals surface area contributed by atoms with E-state index in [0.29, 0.717) is 23.1 Å². The van der Waals surface area contributed by atoms with Gasteiger partial charge in [0.25, 0.3) is 0 Å². The molecule has 2 aromatic carbocycles. The molecule has 0 atom stereocenters. The Hall–Kier alpha value is -1.95. The number of nitrogens with zero attached hydrogens (tertiary/aromatic N) is 3. The van der Waals surface area contributed by atoms with Gasteiger partial charge in [-0.25, -0.2) is 0 Å². The summed E-state index contributed by atoms with van der Waals surface area (Å²) in [5.41, 5.74) is 3.27. The summed E-state index contributed by atoms with van der Waals surface area (Å²) in [5, 5.41) is 1.26. The second-order valence-electron chi connectivity index (χ2n) is 9.11. The molecular weight excluding hydrogens is 457 g/mol. The maximum Gasteiger partial charge on any atom is 0.227 e. The van der Waals surface area contributed by atoms with Gasteiger partial charge in [-0.2, -0.15) is 0 Å². The van der Waals surface area contributed by atoms with Crippen molar-refractivity contribution in [2.24, 2.45) is 0 Å². The van der Waals surface area contributed by atoms with Crippen LogP contribution in [-0.4, -0.2) is 56.2 Å². The molecule has 5 nitrogen and oxygen atoms in total. The van der Waals surface area contributed by atoms with Crippen LogP contribution in [0.25, 0.3) is 0 Å². The molecule has 0 bridgehead atoms. The smallest absolute Gasteiger partial charge is 0.227 e. The molecule has 1 fully saturated rings. The molecule has 178 valence electrons. The molecule has 4 rings (SSSR count). The zero-order valence-corrected chi connectivity index (χ0v) is 21.0. The van der Waals surface area contributed by atoms with E-state index in [4.69, 9.17) is 27.9 Å². The topological polar surface area (TPSA) is 36.0 Å².